The summed E-state index contributed by atoms with van der Waals surface area (Å²) in [5.74, 6) is 0.117. The van der Waals surface area contributed by atoms with Crippen molar-refractivity contribution in [3.05, 3.63) is 0 Å². The molecule has 82 valence electrons. The number of ether oxygens (including phenoxy) is 2. The normalized spacial score (nSPS) is 23.9. The molecule has 4 heteroatoms. The van der Waals surface area contributed by atoms with Crippen LogP contribution in [-0.2, 0) is 14.3 Å². The fraction of sp³-hybridized carbons (Fsp3) is 0.900. The Morgan fingerprint density at radius 3 is 2.86 bits per heavy atom. The van der Waals surface area contributed by atoms with Crippen molar-refractivity contribution in [2.45, 2.75) is 38.8 Å². The van der Waals surface area contributed by atoms with Crippen LogP contribution in [0.5, 0.6) is 0 Å². The van der Waals surface area contributed by atoms with Gasteiger partial charge in [-0.15, -0.1) is 0 Å². The summed E-state index contributed by atoms with van der Waals surface area (Å²) in [5.41, 5.74) is 5.68. The molecular formula is C10H19NO3. The lowest BCUT2D eigenvalue weighted by atomic mass is 10.0. The van der Waals surface area contributed by atoms with Gasteiger partial charge in [0.25, 0.3) is 0 Å². The monoisotopic (exact) mass is 201 g/mol. The summed E-state index contributed by atoms with van der Waals surface area (Å²) in [6.45, 7) is 5.26. The summed E-state index contributed by atoms with van der Waals surface area (Å²) in [6.07, 6.45) is 1.38. The molecule has 1 heterocycles. The number of hydrogen-bond donors (Lipinski definition) is 1. The van der Waals surface area contributed by atoms with Crippen LogP contribution in [0, 0.1) is 5.92 Å². The largest absolute Gasteiger partial charge is 0.459 e. The maximum Gasteiger partial charge on any atom is 0.323 e. The Hall–Kier alpha value is -0.610. The zero-order chi connectivity index (χ0) is 10.6. The van der Waals surface area contributed by atoms with Crippen LogP contribution >= 0.6 is 0 Å². The number of carbonyl (C=O) groups is 1. The first-order valence-corrected chi connectivity index (χ1v) is 5.13. The van der Waals surface area contributed by atoms with Crippen LogP contribution in [0.3, 0.4) is 0 Å². The fourth-order valence-corrected chi connectivity index (χ4v) is 1.46. The van der Waals surface area contributed by atoms with Crippen LogP contribution in [0.4, 0.5) is 0 Å². The van der Waals surface area contributed by atoms with Gasteiger partial charge in [-0.3, -0.25) is 4.79 Å². The molecule has 2 atom stereocenters. The third-order valence-corrected chi connectivity index (χ3v) is 2.20. The Morgan fingerprint density at radius 1 is 1.64 bits per heavy atom. The third kappa shape index (κ3) is 3.64. The molecule has 1 aliphatic rings. The maximum absolute atomic E-state index is 11.4. The first kappa shape index (κ1) is 11.5. The van der Waals surface area contributed by atoms with Crippen molar-refractivity contribution in [1.82, 2.24) is 0 Å². The van der Waals surface area contributed by atoms with Crippen molar-refractivity contribution in [2.75, 3.05) is 13.2 Å². The zero-order valence-corrected chi connectivity index (χ0v) is 8.86. The molecule has 0 radical (unpaired) electrons. The van der Waals surface area contributed by atoms with Crippen LogP contribution in [0.2, 0.25) is 0 Å². The summed E-state index contributed by atoms with van der Waals surface area (Å²) in [4.78, 5) is 11.4. The van der Waals surface area contributed by atoms with Gasteiger partial charge < -0.3 is 15.2 Å². The smallest absolute Gasteiger partial charge is 0.323 e. The molecule has 0 saturated carbocycles. The van der Waals surface area contributed by atoms with Crippen LogP contribution in [-0.4, -0.2) is 31.3 Å². The van der Waals surface area contributed by atoms with Gasteiger partial charge in [-0.05, 0) is 12.3 Å². The van der Waals surface area contributed by atoms with Gasteiger partial charge in [0.05, 0.1) is 13.2 Å². The van der Waals surface area contributed by atoms with Gasteiger partial charge in [0.2, 0.25) is 0 Å². The molecule has 1 unspecified atom stereocenters. The van der Waals surface area contributed by atoms with Gasteiger partial charge in [0.1, 0.15) is 12.1 Å². The van der Waals surface area contributed by atoms with Crippen LogP contribution in [0.1, 0.15) is 26.7 Å². The second-order valence-corrected chi connectivity index (χ2v) is 4.16. The quantitative estimate of drug-likeness (QED) is 0.680. The SMILES string of the molecule is CC(C)CC(N)C(=O)O[C@H]1CCOC1. The third-order valence-electron chi connectivity index (χ3n) is 2.20. The van der Waals surface area contributed by atoms with Gasteiger partial charge in [0.15, 0.2) is 0 Å². The van der Waals surface area contributed by atoms with Gasteiger partial charge in [-0.2, -0.15) is 0 Å². The van der Waals surface area contributed by atoms with E-state index in [2.05, 4.69) is 0 Å². The molecule has 1 aliphatic heterocycles. The minimum absolute atomic E-state index is 0.0827. The van der Waals surface area contributed by atoms with E-state index in [4.69, 9.17) is 15.2 Å². The summed E-state index contributed by atoms with van der Waals surface area (Å²) in [7, 11) is 0. The number of esters is 1. The van der Waals surface area contributed by atoms with Crippen molar-refractivity contribution < 1.29 is 14.3 Å². The van der Waals surface area contributed by atoms with E-state index >= 15 is 0 Å². The van der Waals surface area contributed by atoms with E-state index in [0.29, 0.717) is 25.6 Å². The second-order valence-electron chi connectivity index (χ2n) is 4.16. The lowest BCUT2D eigenvalue weighted by molar-refractivity contribution is -0.151. The summed E-state index contributed by atoms with van der Waals surface area (Å²) < 4.78 is 10.3. The lowest BCUT2D eigenvalue weighted by Gasteiger charge is -2.16. The van der Waals surface area contributed by atoms with Crippen molar-refractivity contribution in [3.8, 4) is 0 Å². The minimum Gasteiger partial charge on any atom is -0.459 e. The van der Waals surface area contributed by atoms with Gasteiger partial charge in [-0.25, -0.2) is 0 Å². The number of carbonyl (C=O) groups excluding carboxylic acids is 1. The molecule has 0 aromatic heterocycles. The molecule has 0 aliphatic carbocycles. The Kier molecular flexibility index (Phi) is 4.35. The van der Waals surface area contributed by atoms with Crippen molar-refractivity contribution in [3.63, 3.8) is 0 Å². The van der Waals surface area contributed by atoms with Crippen molar-refractivity contribution in [2.24, 2.45) is 11.7 Å². The first-order chi connectivity index (χ1) is 6.59. The van der Waals surface area contributed by atoms with E-state index in [1.807, 2.05) is 13.8 Å². The van der Waals surface area contributed by atoms with Gasteiger partial charge >= 0.3 is 5.97 Å². The van der Waals surface area contributed by atoms with Crippen LogP contribution in [0.15, 0.2) is 0 Å². The second kappa shape index (κ2) is 5.32. The highest BCUT2D eigenvalue weighted by Gasteiger charge is 2.23. The molecule has 0 amide bonds. The number of rotatable bonds is 4. The van der Waals surface area contributed by atoms with Crippen molar-refractivity contribution in [1.29, 1.82) is 0 Å². The zero-order valence-electron chi connectivity index (χ0n) is 8.86. The van der Waals surface area contributed by atoms with Crippen LogP contribution in [0.25, 0.3) is 0 Å². The highest BCUT2D eigenvalue weighted by molar-refractivity contribution is 5.75. The van der Waals surface area contributed by atoms with E-state index in [1.54, 1.807) is 0 Å². The molecule has 1 fully saturated rings. The molecule has 0 spiro atoms. The summed E-state index contributed by atoms with van der Waals surface area (Å²) >= 11 is 0. The Labute approximate surface area is 84.7 Å². The number of nitrogens with two attached hydrogens (primary N) is 1. The average molecular weight is 201 g/mol. The topological polar surface area (TPSA) is 61.6 Å². The van der Waals surface area contributed by atoms with Gasteiger partial charge in [0, 0.05) is 6.42 Å². The molecule has 1 saturated heterocycles. The average Bonchev–Trinajstić information content (AvgIpc) is 2.55. The molecule has 0 bridgehead atoms. The molecule has 0 aromatic carbocycles. The Bertz CT molecular complexity index is 188. The predicted molar refractivity (Wildman–Crippen MR) is 52.7 cm³/mol. The van der Waals surface area contributed by atoms with E-state index in [0.717, 1.165) is 6.42 Å². The number of hydrogen-bond acceptors (Lipinski definition) is 4. The van der Waals surface area contributed by atoms with E-state index in [1.165, 1.54) is 0 Å². The maximum atomic E-state index is 11.4. The van der Waals surface area contributed by atoms with E-state index in [-0.39, 0.29) is 12.1 Å². The molecule has 14 heavy (non-hydrogen) atoms. The lowest BCUT2D eigenvalue weighted by Crippen LogP contribution is -2.36. The molecule has 2 N–H and O–H groups in total. The molecule has 4 nitrogen and oxygen atoms in total. The summed E-state index contributed by atoms with van der Waals surface area (Å²) in [6, 6.07) is -0.490. The van der Waals surface area contributed by atoms with Gasteiger partial charge in [-0.1, -0.05) is 13.8 Å². The minimum atomic E-state index is -0.490. The molecule has 1 rings (SSSR count). The van der Waals surface area contributed by atoms with Crippen LogP contribution < -0.4 is 5.73 Å². The highest BCUT2D eigenvalue weighted by Crippen LogP contribution is 2.11. The molecule has 0 aromatic rings. The first-order valence-electron chi connectivity index (χ1n) is 5.13. The standard InChI is InChI=1S/C10H19NO3/c1-7(2)5-9(11)10(12)14-8-3-4-13-6-8/h7-9H,3-6,11H2,1-2H3/t8-,9?/m0/s1. The van der Waals surface area contributed by atoms with E-state index in [9.17, 15) is 4.79 Å². The van der Waals surface area contributed by atoms with E-state index < -0.39 is 6.04 Å². The summed E-state index contributed by atoms with van der Waals surface area (Å²) in [5, 5.41) is 0. The molecular weight excluding hydrogens is 182 g/mol. The fourth-order valence-electron chi connectivity index (χ4n) is 1.46. The Morgan fingerprint density at radius 2 is 2.36 bits per heavy atom. The van der Waals surface area contributed by atoms with Crippen molar-refractivity contribution >= 4 is 5.97 Å². The highest BCUT2D eigenvalue weighted by atomic mass is 16.6. The Balaban J connectivity index is 2.25. The predicted octanol–water partition coefficient (Wildman–Crippen LogP) is 0.692.